The summed E-state index contributed by atoms with van der Waals surface area (Å²) in [7, 11) is -7.32. The third kappa shape index (κ3) is 6.08. The molecule has 0 amide bonds. The molecular weight excluding hydrogens is 326 g/mol. The lowest BCUT2D eigenvalue weighted by molar-refractivity contribution is 0.483. The summed E-state index contributed by atoms with van der Waals surface area (Å²) < 4.78 is 53.2. The van der Waals surface area contributed by atoms with Gasteiger partial charge in [-0.25, -0.2) is 8.42 Å². The van der Waals surface area contributed by atoms with Crippen LogP contribution in [0.3, 0.4) is 0 Å². The van der Waals surface area contributed by atoms with Gasteiger partial charge in [0, 0.05) is 12.4 Å². The summed E-state index contributed by atoms with van der Waals surface area (Å²) in [6.07, 6.45) is 0.374. The zero-order chi connectivity index (χ0) is 15.2. The van der Waals surface area contributed by atoms with Gasteiger partial charge in [0.05, 0.1) is 22.1 Å². The standard InChI is InChI=1S/C11H15ClNO5S2/c12-6-9-19(14,15)8-1-7-13-10-2-4-11(5-3-10)20(16,17)18/h2-5H,1,6-9H2,(H,16,17,18). The van der Waals surface area contributed by atoms with E-state index in [9.17, 15) is 16.8 Å². The van der Waals surface area contributed by atoms with E-state index in [1.807, 2.05) is 0 Å². The van der Waals surface area contributed by atoms with Crippen molar-refractivity contribution in [2.75, 3.05) is 23.9 Å². The monoisotopic (exact) mass is 340 g/mol. The number of sulfone groups is 1. The van der Waals surface area contributed by atoms with Crippen LogP contribution in [0.4, 0.5) is 5.69 Å². The third-order valence-corrected chi connectivity index (χ3v) is 5.45. The van der Waals surface area contributed by atoms with Gasteiger partial charge in [-0.3, -0.25) is 9.87 Å². The molecule has 0 atom stereocenters. The van der Waals surface area contributed by atoms with Crippen molar-refractivity contribution in [1.82, 2.24) is 5.32 Å². The van der Waals surface area contributed by atoms with Gasteiger partial charge in [0.2, 0.25) is 0 Å². The quantitative estimate of drug-likeness (QED) is 0.435. The summed E-state index contributed by atoms with van der Waals surface area (Å²) in [5, 5.41) is 4.12. The number of halogens is 1. The zero-order valence-corrected chi connectivity index (χ0v) is 13.0. The zero-order valence-electron chi connectivity index (χ0n) is 10.6. The van der Waals surface area contributed by atoms with Crippen molar-refractivity contribution in [2.45, 2.75) is 11.3 Å². The van der Waals surface area contributed by atoms with Crippen molar-refractivity contribution < 1.29 is 21.4 Å². The molecule has 0 aliphatic heterocycles. The Labute approximate surface area is 123 Å². The van der Waals surface area contributed by atoms with Crippen LogP contribution >= 0.6 is 11.6 Å². The van der Waals surface area contributed by atoms with E-state index < -0.39 is 20.0 Å². The smallest absolute Gasteiger partial charge is 0.285 e. The average molecular weight is 341 g/mol. The van der Waals surface area contributed by atoms with E-state index in [0.29, 0.717) is 18.7 Å². The first-order valence-electron chi connectivity index (χ1n) is 5.76. The van der Waals surface area contributed by atoms with Crippen LogP contribution in [0.1, 0.15) is 6.42 Å². The van der Waals surface area contributed by atoms with Crippen LogP contribution in [0.5, 0.6) is 0 Å². The Bertz CT molecular complexity index is 625. The van der Waals surface area contributed by atoms with Gasteiger partial charge in [0.15, 0.2) is 9.84 Å². The molecule has 1 aromatic rings. The van der Waals surface area contributed by atoms with E-state index in [4.69, 9.17) is 16.2 Å². The molecule has 0 saturated carbocycles. The molecule has 113 valence electrons. The van der Waals surface area contributed by atoms with Gasteiger partial charge in [-0.15, -0.1) is 11.6 Å². The maximum absolute atomic E-state index is 11.4. The fraction of sp³-hybridized carbons (Fsp3) is 0.455. The Morgan fingerprint density at radius 1 is 1.05 bits per heavy atom. The predicted octanol–water partition coefficient (Wildman–Crippen LogP) is 1.21. The van der Waals surface area contributed by atoms with E-state index in [-0.39, 0.29) is 22.3 Å². The highest BCUT2D eigenvalue weighted by atomic mass is 35.5. The summed E-state index contributed by atoms with van der Waals surface area (Å²) in [6, 6.07) is 5.35. The van der Waals surface area contributed by atoms with Gasteiger partial charge in [0.1, 0.15) is 0 Å². The van der Waals surface area contributed by atoms with Crippen molar-refractivity contribution in [3.8, 4) is 0 Å². The number of alkyl halides is 1. The molecule has 0 bridgehead atoms. The van der Waals surface area contributed by atoms with Crippen molar-refractivity contribution in [2.24, 2.45) is 0 Å². The first kappa shape index (κ1) is 17.2. The number of rotatable bonds is 8. The van der Waals surface area contributed by atoms with Gasteiger partial charge in [-0.05, 0) is 30.7 Å². The van der Waals surface area contributed by atoms with Crippen LogP contribution in [0.2, 0.25) is 0 Å². The molecule has 0 aromatic heterocycles. The lowest BCUT2D eigenvalue weighted by Crippen LogP contribution is -2.15. The minimum absolute atomic E-state index is 0.0202. The molecule has 9 heteroatoms. The number of hydrogen-bond donors (Lipinski definition) is 1. The SMILES string of the molecule is O=S(=O)(CCCl)CCC[N]c1ccc(S(=O)(=O)O)cc1. The fourth-order valence-electron chi connectivity index (χ4n) is 1.44. The van der Waals surface area contributed by atoms with Gasteiger partial charge in [-0.2, -0.15) is 8.42 Å². The summed E-state index contributed by atoms with van der Waals surface area (Å²) in [5.74, 6) is 0.0561. The van der Waals surface area contributed by atoms with E-state index in [1.165, 1.54) is 24.3 Å². The topological polar surface area (TPSA) is 103 Å². The highest BCUT2D eigenvalue weighted by Gasteiger charge is 2.10. The van der Waals surface area contributed by atoms with Gasteiger partial charge in [-0.1, -0.05) is 0 Å². The van der Waals surface area contributed by atoms with Crippen LogP contribution in [0.25, 0.3) is 0 Å². The molecule has 1 radical (unpaired) electrons. The second-order valence-electron chi connectivity index (χ2n) is 4.05. The summed E-state index contributed by atoms with van der Waals surface area (Å²) in [4.78, 5) is -0.207. The number of hydrogen-bond acceptors (Lipinski definition) is 4. The predicted molar refractivity (Wildman–Crippen MR) is 76.9 cm³/mol. The Morgan fingerprint density at radius 3 is 2.15 bits per heavy atom. The Kier molecular flexibility index (Phi) is 6.25. The summed E-state index contributed by atoms with van der Waals surface area (Å²) >= 11 is 5.37. The normalized spacial score (nSPS) is 12.3. The molecule has 1 rings (SSSR count). The van der Waals surface area contributed by atoms with Crippen molar-refractivity contribution in [3.05, 3.63) is 24.3 Å². The van der Waals surface area contributed by atoms with Gasteiger partial charge >= 0.3 is 0 Å². The molecule has 20 heavy (non-hydrogen) atoms. The van der Waals surface area contributed by atoms with Crippen LogP contribution in [-0.2, 0) is 20.0 Å². The highest BCUT2D eigenvalue weighted by Crippen LogP contribution is 2.13. The van der Waals surface area contributed by atoms with Gasteiger partial charge < -0.3 is 0 Å². The maximum atomic E-state index is 11.4. The lowest BCUT2D eigenvalue weighted by Gasteiger charge is -2.04. The van der Waals surface area contributed by atoms with Crippen LogP contribution in [0, 0.1) is 0 Å². The fourth-order valence-corrected chi connectivity index (χ4v) is 3.63. The Morgan fingerprint density at radius 2 is 1.65 bits per heavy atom. The molecule has 0 aliphatic carbocycles. The Balaban J connectivity index is 2.44. The summed E-state index contributed by atoms with van der Waals surface area (Å²) in [6.45, 7) is 0.312. The van der Waals surface area contributed by atoms with Crippen LogP contribution in [0.15, 0.2) is 29.2 Å². The van der Waals surface area contributed by atoms with Crippen molar-refractivity contribution in [3.63, 3.8) is 0 Å². The van der Waals surface area contributed by atoms with E-state index >= 15 is 0 Å². The van der Waals surface area contributed by atoms with Crippen molar-refractivity contribution in [1.29, 1.82) is 0 Å². The molecule has 1 aromatic carbocycles. The molecule has 0 saturated heterocycles. The average Bonchev–Trinajstić information content (AvgIpc) is 2.34. The molecular formula is C11H15ClNO5S2. The minimum atomic E-state index is -4.20. The number of benzene rings is 1. The van der Waals surface area contributed by atoms with E-state index in [1.54, 1.807) is 0 Å². The molecule has 0 aliphatic rings. The van der Waals surface area contributed by atoms with Crippen molar-refractivity contribution >= 4 is 37.2 Å². The number of nitrogens with zero attached hydrogens (tertiary/aromatic N) is 1. The molecule has 0 heterocycles. The van der Waals surface area contributed by atoms with E-state index in [2.05, 4.69) is 5.32 Å². The molecule has 0 fully saturated rings. The second kappa shape index (κ2) is 7.26. The van der Waals surface area contributed by atoms with Crippen LogP contribution < -0.4 is 5.32 Å². The first-order valence-corrected chi connectivity index (χ1v) is 9.56. The molecule has 1 N–H and O–H groups in total. The second-order valence-corrected chi connectivity index (χ2v) is 8.15. The largest absolute Gasteiger partial charge is 0.294 e. The molecule has 0 unspecified atom stereocenters. The molecule has 0 spiro atoms. The highest BCUT2D eigenvalue weighted by molar-refractivity contribution is 7.91. The Hall–Kier alpha value is -0.830. The minimum Gasteiger partial charge on any atom is -0.285 e. The van der Waals surface area contributed by atoms with E-state index in [0.717, 1.165) is 0 Å². The third-order valence-electron chi connectivity index (χ3n) is 2.43. The maximum Gasteiger partial charge on any atom is 0.294 e. The molecule has 6 nitrogen and oxygen atoms in total. The van der Waals surface area contributed by atoms with Crippen LogP contribution in [-0.4, -0.2) is 45.3 Å². The summed E-state index contributed by atoms with van der Waals surface area (Å²) in [5.41, 5.74) is 0.521. The van der Waals surface area contributed by atoms with Gasteiger partial charge in [0.25, 0.3) is 10.1 Å². The lowest BCUT2D eigenvalue weighted by atomic mass is 10.3. The first-order chi connectivity index (χ1) is 9.24.